The second kappa shape index (κ2) is 8.24. The molecule has 0 bridgehead atoms. The third-order valence-corrected chi connectivity index (χ3v) is 6.47. The minimum Gasteiger partial charge on any atom is -0.322 e. The van der Waals surface area contributed by atoms with Crippen LogP contribution in [0.15, 0.2) is 18.2 Å². The van der Waals surface area contributed by atoms with E-state index < -0.39 is 6.04 Å². The Labute approximate surface area is 171 Å². The molecule has 3 amide bonds. The molecule has 2 fully saturated rings. The first-order chi connectivity index (χ1) is 14.0. The van der Waals surface area contributed by atoms with Gasteiger partial charge in [-0.05, 0) is 63.4 Å². The SMILES string of the molecule is CC(C)N(Cc1cccc2c1CN(C1CCC(=O)NC1=O)C2=O)C1CCNCC1. The molecule has 0 aromatic heterocycles. The number of carbonyl (C=O) groups is 3. The van der Waals surface area contributed by atoms with Crippen LogP contribution in [0.4, 0.5) is 0 Å². The molecule has 4 rings (SSSR count). The van der Waals surface area contributed by atoms with Crippen LogP contribution < -0.4 is 10.6 Å². The fourth-order valence-electron chi connectivity index (χ4n) is 4.87. The standard InChI is InChI=1S/C22H30N4O3/c1-14(2)25(16-8-10-23-11-9-16)12-15-4-3-5-17-18(15)13-26(22(17)29)19-6-7-20(27)24-21(19)28/h3-5,14,16,19,23H,6-13H2,1-2H3,(H,24,27,28). The van der Waals surface area contributed by atoms with Gasteiger partial charge in [0.05, 0.1) is 0 Å². The number of amides is 3. The van der Waals surface area contributed by atoms with Gasteiger partial charge in [-0.15, -0.1) is 0 Å². The van der Waals surface area contributed by atoms with E-state index in [-0.39, 0.29) is 24.1 Å². The number of piperidine rings is 2. The monoisotopic (exact) mass is 398 g/mol. The molecule has 3 heterocycles. The number of imide groups is 1. The van der Waals surface area contributed by atoms with Gasteiger partial charge < -0.3 is 10.2 Å². The van der Waals surface area contributed by atoms with E-state index in [4.69, 9.17) is 0 Å². The highest BCUT2D eigenvalue weighted by atomic mass is 16.2. The summed E-state index contributed by atoms with van der Waals surface area (Å²) in [6.07, 6.45) is 2.94. The molecule has 1 aromatic rings. The van der Waals surface area contributed by atoms with E-state index in [1.54, 1.807) is 4.90 Å². The lowest BCUT2D eigenvalue weighted by atomic mass is 9.98. The van der Waals surface area contributed by atoms with Crippen molar-refractivity contribution in [2.24, 2.45) is 0 Å². The highest BCUT2D eigenvalue weighted by Crippen LogP contribution is 2.31. The van der Waals surface area contributed by atoms with Gasteiger partial charge in [0.1, 0.15) is 6.04 Å². The van der Waals surface area contributed by atoms with Crippen LogP contribution in [0.5, 0.6) is 0 Å². The Kier molecular flexibility index (Phi) is 5.69. The Balaban J connectivity index is 1.56. The zero-order valence-corrected chi connectivity index (χ0v) is 17.2. The normalized spacial score (nSPS) is 23.1. The van der Waals surface area contributed by atoms with Crippen LogP contribution in [0, 0.1) is 0 Å². The first kappa shape index (κ1) is 20.0. The van der Waals surface area contributed by atoms with Gasteiger partial charge in [0.2, 0.25) is 11.8 Å². The van der Waals surface area contributed by atoms with Gasteiger partial charge in [0.25, 0.3) is 5.91 Å². The minimum absolute atomic E-state index is 0.102. The third-order valence-electron chi connectivity index (χ3n) is 6.47. The van der Waals surface area contributed by atoms with Gasteiger partial charge in [0.15, 0.2) is 0 Å². The van der Waals surface area contributed by atoms with E-state index in [0.29, 0.717) is 30.6 Å². The summed E-state index contributed by atoms with van der Waals surface area (Å²) < 4.78 is 0. The van der Waals surface area contributed by atoms with Gasteiger partial charge >= 0.3 is 0 Å². The molecule has 156 valence electrons. The average Bonchev–Trinajstić information content (AvgIpc) is 3.04. The smallest absolute Gasteiger partial charge is 0.255 e. The van der Waals surface area contributed by atoms with Gasteiger partial charge in [-0.3, -0.25) is 24.6 Å². The van der Waals surface area contributed by atoms with E-state index in [9.17, 15) is 14.4 Å². The highest BCUT2D eigenvalue weighted by molar-refractivity contribution is 6.05. The minimum atomic E-state index is -0.564. The summed E-state index contributed by atoms with van der Waals surface area (Å²) in [5.74, 6) is -0.720. The van der Waals surface area contributed by atoms with E-state index >= 15 is 0 Å². The van der Waals surface area contributed by atoms with Crippen molar-refractivity contribution in [2.45, 2.75) is 70.7 Å². The van der Waals surface area contributed by atoms with Crippen LogP contribution in [0.3, 0.4) is 0 Å². The first-order valence-electron chi connectivity index (χ1n) is 10.7. The lowest BCUT2D eigenvalue weighted by molar-refractivity contribution is -0.136. The van der Waals surface area contributed by atoms with Gasteiger partial charge in [-0.25, -0.2) is 0 Å². The van der Waals surface area contributed by atoms with Gasteiger partial charge in [0, 0.05) is 37.2 Å². The van der Waals surface area contributed by atoms with Crippen LogP contribution in [0.1, 0.15) is 61.0 Å². The van der Waals surface area contributed by atoms with Crippen molar-refractivity contribution >= 4 is 17.7 Å². The van der Waals surface area contributed by atoms with E-state index in [2.05, 4.69) is 35.4 Å². The number of carbonyl (C=O) groups excluding carboxylic acids is 3. The summed E-state index contributed by atoms with van der Waals surface area (Å²) >= 11 is 0. The zero-order valence-electron chi connectivity index (χ0n) is 17.2. The van der Waals surface area contributed by atoms with Crippen molar-refractivity contribution in [3.63, 3.8) is 0 Å². The fourth-order valence-corrected chi connectivity index (χ4v) is 4.87. The summed E-state index contributed by atoms with van der Waals surface area (Å²) in [6, 6.07) is 6.30. The van der Waals surface area contributed by atoms with Crippen LogP contribution in [-0.2, 0) is 22.7 Å². The molecule has 7 heteroatoms. The quantitative estimate of drug-likeness (QED) is 0.733. The lowest BCUT2D eigenvalue weighted by Crippen LogP contribution is -2.52. The molecule has 2 N–H and O–H groups in total. The maximum Gasteiger partial charge on any atom is 0.255 e. The molecule has 7 nitrogen and oxygen atoms in total. The number of fused-ring (bicyclic) bond motifs is 1. The van der Waals surface area contributed by atoms with Crippen LogP contribution >= 0.6 is 0 Å². The number of benzene rings is 1. The van der Waals surface area contributed by atoms with Crippen molar-refractivity contribution in [3.8, 4) is 0 Å². The van der Waals surface area contributed by atoms with E-state index in [0.717, 1.165) is 43.6 Å². The Morgan fingerprint density at radius 2 is 1.90 bits per heavy atom. The zero-order chi connectivity index (χ0) is 20.5. The van der Waals surface area contributed by atoms with Crippen molar-refractivity contribution in [1.82, 2.24) is 20.4 Å². The Hall–Kier alpha value is -2.25. The van der Waals surface area contributed by atoms with Crippen molar-refractivity contribution in [1.29, 1.82) is 0 Å². The maximum absolute atomic E-state index is 13.0. The molecule has 2 saturated heterocycles. The fraction of sp³-hybridized carbons (Fsp3) is 0.591. The predicted molar refractivity (Wildman–Crippen MR) is 109 cm³/mol. The molecular weight excluding hydrogens is 368 g/mol. The molecule has 29 heavy (non-hydrogen) atoms. The van der Waals surface area contributed by atoms with Crippen molar-refractivity contribution in [3.05, 3.63) is 34.9 Å². The Morgan fingerprint density at radius 3 is 2.59 bits per heavy atom. The molecule has 0 saturated carbocycles. The second-order valence-corrected chi connectivity index (χ2v) is 8.59. The molecule has 3 aliphatic heterocycles. The second-order valence-electron chi connectivity index (χ2n) is 8.59. The van der Waals surface area contributed by atoms with E-state index in [1.165, 1.54) is 0 Å². The number of rotatable bonds is 5. The lowest BCUT2D eigenvalue weighted by Gasteiger charge is -2.38. The molecular formula is C22H30N4O3. The highest BCUT2D eigenvalue weighted by Gasteiger charge is 2.40. The third kappa shape index (κ3) is 3.94. The number of hydrogen-bond acceptors (Lipinski definition) is 5. The number of nitrogens with one attached hydrogen (secondary N) is 2. The molecule has 3 aliphatic rings. The average molecular weight is 399 g/mol. The summed E-state index contributed by atoms with van der Waals surface area (Å²) in [4.78, 5) is 41.0. The largest absolute Gasteiger partial charge is 0.322 e. The molecule has 0 radical (unpaired) electrons. The molecule has 1 unspecified atom stereocenters. The molecule has 1 aromatic carbocycles. The molecule has 1 atom stereocenters. The van der Waals surface area contributed by atoms with E-state index in [1.807, 2.05) is 12.1 Å². The number of nitrogens with zero attached hydrogens (tertiary/aromatic N) is 2. The topological polar surface area (TPSA) is 81.8 Å². The summed E-state index contributed by atoms with van der Waals surface area (Å²) in [7, 11) is 0. The first-order valence-corrected chi connectivity index (χ1v) is 10.7. The molecule has 0 aliphatic carbocycles. The van der Waals surface area contributed by atoms with Crippen LogP contribution in [-0.4, -0.2) is 58.7 Å². The Morgan fingerprint density at radius 1 is 1.14 bits per heavy atom. The summed E-state index contributed by atoms with van der Waals surface area (Å²) in [5.41, 5.74) is 2.89. The number of hydrogen-bond donors (Lipinski definition) is 2. The van der Waals surface area contributed by atoms with Gasteiger partial charge in [-0.2, -0.15) is 0 Å². The summed E-state index contributed by atoms with van der Waals surface area (Å²) in [6.45, 7) is 7.79. The summed E-state index contributed by atoms with van der Waals surface area (Å²) in [5, 5.41) is 5.80. The van der Waals surface area contributed by atoms with Gasteiger partial charge in [-0.1, -0.05) is 12.1 Å². The van der Waals surface area contributed by atoms with Crippen LogP contribution in [0.25, 0.3) is 0 Å². The van der Waals surface area contributed by atoms with Crippen molar-refractivity contribution < 1.29 is 14.4 Å². The Bertz CT molecular complexity index is 816. The maximum atomic E-state index is 13.0. The van der Waals surface area contributed by atoms with Crippen LogP contribution in [0.2, 0.25) is 0 Å². The van der Waals surface area contributed by atoms with Crippen molar-refractivity contribution in [2.75, 3.05) is 13.1 Å². The molecule has 0 spiro atoms. The predicted octanol–water partition coefficient (Wildman–Crippen LogP) is 1.41.